The first-order chi connectivity index (χ1) is 27.7. The fraction of sp³-hybridized carbons (Fsp3) is 0.595. The second-order valence-corrected chi connectivity index (χ2v) is 16.1. The van der Waals surface area contributed by atoms with Gasteiger partial charge in [-0.3, -0.25) is 38.4 Å². The van der Waals surface area contributed by atoms with Crippen LogP contribution in [0, 0.1) is 5.92 Å². The summed E-state index contributed by atoms with van der Waals surface area (Å²) in [7, 11) is 0. The van der Waals surface area contributed by atoms with Crippen molar-refractivity contribution in [2.24, 2.45) is 17.4 Å². The lowest BCUT2D eigenvalue weighted by atomic mass is 10.0. The number of carbonyl (C=O) groups is 9. The number of primary amides is 1. The Bertz CT molecular complexity index is 1620. The predicted octanol–water partition coefficient (Wildman–Crippen LogP) is -1.43. The Labute approximate surface area is 351 Å². The lowest BCUT2D eigenvalue weighted by Crippen LogP contribution is -2.60. The number of benzene rings is 1. The van der Waals surface area contributed by atoms with Gasteiger partial charge in [0.15, 0.2) is 0 Å². The number of aromatic hydroxyl groups is 1. The molecule has 22 heteroatoms. The van der Waals surface area contributed by atoms with Gasteiger partial charge in [-0.1, -0.05) is 26.0 Å². The predicted molar refractivity (Wildman–Crippen MR) is 221 cm³/mol. The van der Waals surface area contributed by atoms with Crippen molar-refractivity contribution in [1.29, 1.82) is 0 Å². The summed E-state index contributed by atoms with van der Waals surface area (Å²) in [5.74, 6) is -8.44. The van der Waals surface area contributed by atoms with Crippen molar-refractivity contribution in [2.75, 3.05) is 24.0 Å². The molecule has 0 heterocycles. The van der Waals surface area contributed by atoms with Crippen molar-refractivity contribution in [1.82, 2.24) is 31.9 Å². The van der Waals surface area contributed by atoms with Crippen LogP contribution in [0.4, 0.5) is 0 Å². The Morgan fingerprint density at radius 3 is 1.53 bits per heavy atom. The Morgan fingerprint density at radius 1 is 0.610 bits per heavy atom. The van der Waals surface area contributed by atoms with Gasteiger partial charge < -0.3 is 58.7 Å². The van der Waals surface area contributed by atoms with Crippen molar-refractivity contribution in [3.8, 4) is 5.75 Å². The number of aliphatic carboxylic acids is 2. The number of nitrogens with two attached hydrogens (primary N) is 2. The smallest absolute Gasteiger partial charge is 0.326 e. The molecule has 7 atom stereocenters. The van der Waals surface area contributed by atoms with Crippen LogP contribution in [0.15, 0.2) is 24.3 Å². The Morgan fingerprint density at radius 2 is 1.03 bits per heavy atom. The first-order valence-corrected chi connectivity index (χ1v) is 21.5. The van der Waals surface area contributed by atoms with E-state index in [-0.39, 0.29) is 50.2 Å². The first kappa shape index (κ1) is 51.9. The van der Waals surface area contributed by atoms with Gasteiger partial charge in [0.1, 0.15) is 42.0 Å². The van der Waals surface area contributed by atoms with Crippen LogP contribution in [-0.2, 0) is 49.6 Å². The van der Waals surface area contributed by atoms with E-state index >= 15 is 0 Å². The maximum Gasteiger partial charge on any atom is 0.326 e. The Hall–Kier alpha value is -5.09. The summed E-state index contributed by atoms with van der Waals surface area (Å²) in [4.78, 5) is 116. The Balaban J connectivity index is 3.45. The zero-order chi connectivity index (χ0) is 44.8. The summed E-state index contributed by atoms with van der Waals surface area (Å²) in [6.45, 7) is 4.87. The minimum Gasteiger partial charge on any atom is -0.508 e. The largest absolute Gasteiger partial charge is 0.508 e. The molecule has 0 aliphatic carbocycles. The molecule has 330 valence electrons. The molecule has 0 unspecified atom stereocenters. The lowest BCUT2D eigenvalue weighted by molar-refractivity contribution is -0.143. The third kappa shape index (κ3) is 20.4. The van der Waals surface area contributed by atoms with E-state index in [0.717, 1.165) is 0 Å². The number of rotatable bonds is 28. The molecule has 7 amide bonds. The molecule has 13 N–H and O–H groups in total. The van der Waals surface area contributed by atoms with Crippen molar-refractivity contribution < 1.29 is 58.5 Å². The molecule has 0 aliphatic heterocycles. The van der Waals surface area contributed by atoms with Gasteiger partial charge in [-0.2, -0.15) is 23.5 Å². The van der Waals surface area contributed by atoms with E-state index < -0.39 is 102 Å². The summed E-state index contributed by atoms with van der Waals surface area (Å²) in [5, 5.41) is 43.8. The normalized spacial score (nSPS) is 14.6. The highest BCUT2D eigenvalue weighted by molar-refractivity contribution is 7.98. The van der Waals surface area contributed by atoms with E-state index in [1.165, 1.54) is 54.7 Å². The monoisotopic (exact) mass is 870 g/mol. The molecule has 0 spiro atoms. The summed E-state index contributed by atoms with van der Waals surface area (Å²) < 4.78 is 0. The molecule has 0 aliphatic rings. The quantitative estimate of drug-likeness (QED) is 0.0460. The molecule has 0 radical (unpaired) electrons. The number of nitrogens with one attached hydrogen (secondary N) is 6. The number of phenolic OH excluding ortho intramolecular Hbond substituents is 1. The van der Waals surface area contributed by atoms with E-state index in [1.54, 1.807) is 26.4 Å². The molecular formula is C37H58N8O12S2. The van der Waals surface area contributed by atoms with Crippen LogP contribution in [-0.4, -0.2) is 135 Å². The molecule has 0 saturated heterocycles. The second kappa shape index (κ2) is 26.8. The van der Waals surface area contributed by atoms with Crippen molar-refractivity contribution in [2.45, 2.75) is 108 Å². The van der Waals surface area contributed by atoms with Crippen molar-refractivity contribution >= 4 is 76.8 Å². The highest BCUT2D eigenvalue weighted by Crippen LogP contribution is 2.14. The van der Waals surface area contributed by atoms with E-state index in [9.17, 15) is 58.5 Å². The SMILES string of the molecule is CSCC[C@H](NC(=O)[C@H](CC(C)C)NC(=O)[C@H](CC(=O)O)NC(=O)[C@H](CCSC)NC(=O)[C@H](Cc1ccc(O)cc1)NC(=O)[C@H](CCC(N)=O)NC(=O)[C@H](C)N)C(=O)O. The number of carboxylic acids is 2. The average molecular weight is 871 g/mol. The molecular weight excluding hydrogens is 813 g/mol. The van der Waals surface area contributed by atoms with E-state index in [4.69, 9.17) is 11.5 Å². The maximum absolute atomic E-state index is 14.0. The van der Waals surface area contributed by atoms with Crippen molar-refractivity contribution in [3.63, 3.8) is 0 Å². The highest BCUT2D eigenvalue weighted by atomic mass is 32.2. The molecule has 0 bridgehead atoms. The summed E-state index contributed by atoms with van der Waals surface area (Å²) in [6, 6.07) is -3.87. The number of carboxylic acid groups (broad SMARTS) is 2. The fourth-order valence-electron chi connectivity index (χ4n) is 5.38. The van der Waals surface area contributed by atoms with Crippen LogP contribution >= 0.6 is 23.5 Å². The van der Waals surface area contributed by atoms with Gasteiger partial charge in [0.2, 0.25) is 41.4 Å². The molecule has 1 aromatic carbocycles. The van der Waals surface area contributed by atoms with Crippen LogP contribution in [0.2, 0.25) is 0 Å². The fourth-order valence-corrected chi connectivity index (χ4v) is 6.32. The maximum atomic E-state index is 14.0. The highest BCUT2D eigenvalue weighted by Gasteiger charge is 2.34. The number of carbonyl (C=O) groups excluding carboxylic acids is 7. The molecule has 0 fully saturated rings. The number of amides is 7. The minimum atomic E-state index is -1.75. The van der Waals surface area contributed by atoms with Gasteiger partial charge >= 0.3 is 11.9 Å². The number of thioether (sulfide) groups is 2. The number of hydrogen-bond donors (Lipinski definition) is 11. The third-order valence-electron chi connectivity index (χ3n) is 8.56. The molecule has 59 heavy (non-hydrogen) atoms. The van der Waals surface area contributed by atoms with E-state index in [2.05, 4.69) is 31.9 Å². The molecule has 1 aromatic rings. The third-order valence-corrected chi connectivity index (χ3v) is 9.84. The van der Waals surface area contributed by atoms with E-state index in [1.807, 2.05) is 0 Å². The summed E-state index contributed by atoms with van der Waals surface area (Å²) >= 11 is 2.68. The number of phenols is 1. The molecule has 20 nitrogen and oxygen atoms in total. The standard InChI is InChI=1S/C37H58N8O12S2/c1-19(2)16-26(34(53)42-25(37(56)57)13-15-59-5)43-36(55)28(18-30(48)49)45-33(52)24(12-14-58-4)41-35(54)27(17-21-6-8-22(46)9-7-21)44-32(51)23(10-11-29(39)47)40-31(50)20(3)38/h6-9,19-20,23-28,46H,10-18,38H2,1-5H3,(H2,39,47)(H,40,50)(H,41,54)(H,42,53)(H,43,55)(H,44,51)(H,45,52)(H,48,49)(H,56,57)/t20-,23-,24-,25-,26-,27-,28-/m0/s1. The van der Waals surface area contributed by atoms with Crippen molar-refractivity contribution in [3.05, 3.63) is 29.8 Å². The topological polar surface area (TPSA) is 339 Å². The molecule has 0 saturated carbocycles. The summed E-state index contributed by atoms with van der Waals surface area (Å²) in [6.07, 6.45) is 1.94. The average Bonchev–Trinajstić information content (AvgIpc) is 3.15. The molecule has 0 aromatic heterocycles. The zero-order valence-corrected chi connectivity index (χ0v) is 35.4. The van der Waals surface area contributed by atoms with Crippen LogP contribution in [0.1, 0.15) is 64.9 Å². The van der Waals surface area contributed by atoms with Gasteiger partial charge in [-0.15, -0.1) is 0 Å². The van der Waals surface area contributed by atoms with Gasteiger partial charge in [0.25, 0.3) is 0 Å². The van der Waals surface area contributed by atoms with Crippen LogP contribution in [0.5, 0.6) is 5.75 Å². The number of hydrogen-bond acceptors (Lipinski definition) is 13. The Kier molecular flexibility index (Phi) is 23.6. The second-order valence-electron chi connectivity index (χ2n) is 14.2. The van der Waals surface area contributed by atoms with Crippen LogP contribution in [0.25, 0.3) is 0 Å². The minimum absolute atomic E-state index is 0.0310. The lowest BCUT2D eigenvalue weighted by Gasteiger charge is -2.27. The summed E-state index contributed by atoms with van der Waals surface area (Å²) in [5.41, 5.74) is 11.4. The van der Waals surface area contributed by atoms with Crippen LogP contribution < -0.4 is 43.4 Å². The zero-order valence-electron chi connectivity index (χ0n) is 33.8. The van der Waals surface area contributed by atoms with Gasteiger partial charge in [0.05, 0.1) is 12.5 Å². The van der Waals surface area contributed by atoms with Crippen LogP contribution in [0.3, 0.4) is 0 Å². The van der Waals surface area contributed by atoms with Gasteiger partial charge in [0, 0.05) is 12.8 Å². The first-order valence-electron chi connectivity index (χ1n) is 18.7. The molecule has 1 rings (SSSR count). The van der Waals surface area contributed by atoms with E-state index in [0.29, 0.717) is 17.1 Å². The van der Waals surface area contributed by atoms with Gasteiger partial charge in [-0.25, -0.2) is 4.79 Å². The van der Waals surface area contributed by atoms with Gasteiger partial charge in [-0.05, 0) is 80.2 Å².